The summed E-state index contributed by atoms with van der Waals surface area (Å²) < 4.78 is 0. The molecule has 1 fully saturated rings. The van der Waals surface area contributed by atoms with Crippen LogP contribution in [0, 0.1) is 6.92 Å². The second kappa shape index (κ2) is 6.93. The van der Waals surface area contributed by atoms with E-state index in [9.17, 15) is 4.79 Å². The molecular weight excluding hydrogens is 300 g/mol. The van der Waals surface area contributed by atoms with Crippen LogP contribution in [0.25, 0.3) is 0 Å². The average Bonchev–Trinajstić information content (AvgIpc) is 2.56. The Kier molecular flexibility index (Phi) is 4.71. The van der Waals surface area contributed by atoms with E-state index in [1.807, 2.05) is 49.4 Å². The summed E-state index contributed by atoms with van der Waals surface area (Å²) in [5.41, 5.74) is 10.0. The van der Waals surface area contributed by atoms with Crippen molar-refractivity contribution in [1.29, 1.82) is 0 Å². The predicted octanol–water partition coefficient (Wildman–Crippen LogP) is 2.58. The number of amides is 1. The van der Waals surface area contributed by atoms with Crippen molar-refractivity contribution in [2.24, 2.45) is 0 Å². The number of benzene rings is 2. The fourth-order valence-electron chi connectivity index (χ4n) is 2.99. The number of nitrogens with zero attached hydrogens (tertiary/aromatic N) is 2. The van der Waals surface area contributed by atoms with Crippen LogP contribution in [0.2, 0.25) is 0 Å². The number of carbonyl (C=O) groups is 1. The van der Waals surface area contributed by atoms with Gasteiger partial charge in [0, 0.05) is 37.4 Å². The first-order valence-corrected chi connectivity index (χ1v) is 8.24. The number of likely N-dealkylation sites (N-methyl/N-ethyl adjacent to an activating group) is 1. The highest BCUT2D eigenvalue weighted by Crippen LogP contribution is 2.29. The summed E-state index contributed by atoms with van der Waals surface area (Å²) in [7, 11) is 2.13. The van der Waals surface area contributed by atoms with Gasteiger partial charge in [-0.05, 0) is 43.8 Å². The Balaban J connectivity index is 1.86. The molecule has 1 saturated heterocycles. The molecule has 24 heavy (non-hydrogen) atoms. The molecule has 3 rings (SSSR count). The van der Waals surface area contributed by atoms with Crippen LogP contribution in [0.1, 0.15) is 15.9 Å². The van der Waals surface area contributed by atoms with Gasteiger partial charge in [-0.25, -0.2) is 0 Å². The van der Waals surface area contributed by atoms with Gasteiger partial charge in [-0.3, -0.25) is 4.79 Å². The molecule has 0 saturated carbocycles. The number of carbonyl (C=O) groups excluding carboxylic acids is 1. The molecule has 126 valence electrons. The molecule has 0 spiro atoms. The van der Waals surface area contributed by atoms with Crippen LogP contribution in [0.15, 0.2) is 42.5 Å². The zero-order chi connectivity index (χ0) is 17.1. The maximum Gasteiger partial charge on any atom is 0.255 e. The summed E-state index contributed by atoms with van der Waals surface area (Å²) in [6.07, 6.45) is 0. The molecule has 5 heteroatoms. The molecule has 1 heterocycles. The summed E-state index contributed by atoms with van der Waals surface area (Å²) in [6.45, 7) is 5.84. The van der Waals surface area contributed by atoms with Crippen LogP contribution in [0.4, 0.5) is 17.1 Å². The molecule has 5 nitrogen and oxygen atoms in total. The lowest BCUT2D eigenvalue weighted by Gasteiger charge is -2.35. The number of nitrogen functional groups attached to an aromatic ring is 1. The van der Waals surface area contributed by atoms with Gasteiger partial charge in [0.1, 0.15) is 0 Å². The van der Waals surface area contributed by atoms with Crippen LogP contribution in [-0.4, -0.2) is 44.0 Å². The van der Waals surface area contributed by atoms with E-state index in [0.717, 1.165) is 43.1 Å². The topological polar surface area (TPSA) is 61.6 Å². The highest BCUT2D eigenvalue weighted by Gasteiger charge is 2.19. The first-order chi connectivity index (χ1) is 11.5. The van der Waals surface area contributed by atoms with E-state index in [1.54, 1.807) is 0 Å². The number of nitrogens with one attached hydrogen (secondary N) is 1. The van der Waals surface area contributed by atoms with Crippen LogP contribution < -0.4 is 16.0 Å². The van der Waals surface area contributed by atoms with E-state index >= 15 is 0 Å². The molecular formula is C19H24N4O. The summed E-state index contributed by atoms with van der Waals surface area (Å²) in [6, 6.07) is 13.3. The highest BCUT2D eigenvalue weighted by molar-refractivity contribution is 6.07. The van der Waals surface area contributed by atoms with Gasteiger partial charge in [0.15, 0.2) is 0 Å². The monoisotopic (exact) mass is 324 g/mol. The van der Waals surface area contributed by atoms with Gasteiger partial charge in [-0.1, -0.05) is 18.2 Å². The minimum atomic E-state index is -0.103. The van der Waals surface area contributed by atoms with Gasteiger partial charge >= 0.3 is 0 Å². The SMILES string of the molecule is Cc1ccccc1C(=O)Nc1cc(N)ccc1N1CCN(C)CC1. The Morgan fingerprint density at radius 2 is 1.79 bits per heavy atom. The average molecular weight is 324 g/mol. The molecule has 1 aliphatic heterocycles. The Hall–Kier alpha value is -2.53. The molecule has 2 aromatic carbocycles. The van der Waals surface area contributed by atoms with E-state index < -0.39 is 0 Å². The summed E-state index contributed by atoms with van der Waals surface area (Å²) in [4.78, 5) is 17.3. The second-order valence-electron chi connectivity index (χ2n) is 6.34. The number of piperazine rings is 1. The van der Waals surface area contributed by atoms with Crippen molar-refractivity contribution in [2.45, 2.75) is 6.92 Å². The maximum atomic E-state index is 12.7. The summed E-state index contributed by atoms with van der Waals surface area (Å²) in [5.74, 6) is -0.103. The van der Waals surface area contributed by atoms with Crippen LogP contribution in [0.3, 0.4) is 0 Å². The summed E-state index contributed by atoms with van der Waals surface area (Å²) in [5, 5.41) is 3.04. The predicted molar refractivity (Wildman–Crippen MR) is 99.7 cm³/mol. The van der Waals surface area contributed by atoms with Gasteiger partial charge in [-0.15, -0.1) is 0 Å². The molecule has 1 amide bonds. The molecule has 0 unspecified atom stereocenters. The van der Waals surface area contributed by atoms with Crippen LogP contribution in [-0.2, 0) is 0 Å². The first kappa shape index (κ1) is 16.3. The maximum absolute atomic E-state index is 12.7. The van der Waals surface area contributed by atoms with Crippen molar-refractivity contribution in [3.05, 3.63) is 53.6 Å². The Labute approximate surface area is 143 Å². The third-order valence-electron chi connectivity index (χ3n) is 4.50. The van der Waals surface area contributed by atoms with Gasteiger partial charge < -0.3 is 20.9 Å². The molecule has 1 aliphatic rings. The summed E-state index contributed by atoms with van der Waals surface area (Å²) >= 11 is 0. The number of hydrogen-bond donors (Lipinski definition) is 2. The normalized spacial score (nSPS) is 15.3. The standard InChI is InChI=1S/C19H24N4O/c1-14-5-3-4-6-16(14)19(24)21-17-13-15(20)7-8-18(17)23-11-9-22(2)10-12-23/h3-8,13H,9-12,20H2,1-2H3,(H,21,24). The Morgan fingerprint density at radius 3 is 2.50 bits per heavy atom. The molecule has 0 aromatic heterocycles. The van der Waals surface area contributed by atoms with E-state index in [4.69, 9.17) is 5.73 Å². The minimum absolute atomic E-state index is 0.103. The number of rotatable bonds is 3. The van der Waals surface area contributed by atoms with E-state index in [2.05, 4.69) is 22.2 Å². The van der Waals surface area contributed by atoms with Crippen molar-refractivity contribution >= 4 is 23.0 Å². The van der Waals surface area contributed by atoms with Crippen LogP contribution in [0.5, 0.6) is 0 Å². The lowest BCUT2D eigenvalue weighted by molar-refractivity contribution is 0.102. The van der Waals surface area contributed by atoms with Crippen molar-refractivity contribution in [3.8, 4) is 0 Å². The third kappa shape index (κ3) is 3.51. The molecule has 3 N–H and O–H groups in total. The van der Waals surface area contributed by atoms with E-state index in [-0.39, 0.29) is 5.91 Å². The fraction of sp³-hybridized carbons (Fsp3) is 0.316. The van der Waals surface area contributed by atoms with E-state index in [1.165, 1.54) is 0 Å². The number of aryl methyl sites for hydroxylation is 1. The van der Waals surface area contributed by atoms with Gasteiger partial charge in [0.05, 0.1) is 11.4 Å². The molecule has 0 radical (unpaired) electrons. The highest BCUT2D eigenvalue weighted by atomic mass is 16.1. The van der Waals surface area contributed by atoms with E-state index in [0.29, 0.717) is 11.3 Å². The molecule has 0 aliphatic carbocycles. The van der Waals surface area contributed by atoms with Crippen molar-refractivity contribution in [3.63, 3.8) is 0 Å². The Morgan fingerprint density at radius 1 is 1.08 bits per heavy atom. The van der Waals surface area contributed by atoms with Gasteiger partial charge in [0.25, 0.3) is 5.91 Å². The van der Waals surface area contributed by atoms with Gasteiger partial charge in [-0.2, -0.15) is 0 Å². The third-order valence-corrected chi connectivity index (χ3v) is 4.50. The quantitative estimate of drug-likeness (QED) is 0.852. The lowest BCUT2D eigenvalue weighted by Crippen LogP contribution is -2.44. The largest absolute Gasteiger partial charge is 0.399 e. The molecule has 0 bridgehead atoms. The second-order valence-corrected chi connectivity index (χ2v) is 6.34. The zero-order valence-electron chi connectivity index (χ0n) is 14.2. The van der Waals surface area contributed by atoms with Crippen molar-refractivity contribution in [1.82, 2.24) is 4.90 Å². The number of nitrogens with two attached hydrogens (primary N) is 1. The minimum Gasteiger partial charge on any atom is -0.399 e. The Bertz CT molecular complexity index is 736. The number of hydrogen-bond acceptors (Lipinski definition) is 4. The van der Waals surface area contributed by atoms with Gasteiger partial charge in [0.2, 0.25) is 0 Å². The smallest absolute Gasteiger partial charge is 0.255 e. The van der Waals surface area contributed by atoms with Crippen molar-refractivity contribution < 1.29 is 4.79 Å². The lowest BCUT2D eigenvalue weighted by atomic mass is 10.1. The number of anilines is 3. The molecule has 2 aromatic rings. The first-order valence-electron chi connectivity index (χ1n) is 8.24. The van der Waals surface area contributed by atoms with Crippen molar-refractivity contribution in [2.75, 3.05) is 49.2 Å². The zero-order valence-corrected chi connectivity index (χ0v) is 14.2. The molecule has 0 atom stereocenters. The fourth-order valence-corrected chi connectivity index (χ4v) is 2.99. The van der Waals surface area contributed by atoms with Crippen LogP contribution >= 0.6 is 0 Å².